The molecule has 1 aliphatic rings. The fourth-order valence-corrected chi connectivity index (χ4v) is 3.19. The van der Waals surface area contributed by atoms with Gasteiger partial charge in [0, 0.05) is 22.1 Å². The molecule has 1 fully saturated rings. The Bertz CT molecular complexity index is 540. The minimum Gasteiger partial charge on any atom is -0.301 e. The molecular formula is C13H12BrFN2S. The zero-order valence-corrected chi connectivity index (χ0v) is 12.0. The van der Waals surface area contributed by atoms with Gasteiger partial charge in [-0.15, -0.1) is 11.3 Å². The van der Waals surface area contributed by atoms with Gasteiger partial charge in [0.05, 0.1) is 6.04 Å². The maximum Gasteiger partial charge on any atom is 0.124 e. The van der Waals surface area contributed by atoms with Crippen molar-refractivity contribution in [3.63, 3.8) is 0 Å². The number of benzene rings is 1. The second-order valence-corrected chi connectivity index (χ2v) is 6.19. The van der Waals surface area contributed by atoms with Crippen molar-refractivity contribution in [3.8, 4) is 0 Å². The highest BCUT2D eigenvalue weighted by molar-refractivity contribution is 9.10. The number of nitrogens with one attached hydrogen (secondary N) is 1. The number of hydrogen-bond acceptors (Lipinski definition) is 3. The van der Waals surface area contributed by atoms with Crippen molar-refractivity contribution in [1.29, 1.82) is 0 Å². The number of rotatable bonds is 4. The number of hydrogen-bond donors (Lipinski definition) is 1. The van der Waals surface area contributed by atoms with Crippen LogP contribution in [-0.4, -0.2) is 11.0 Å². The molecule has 2 nitrogen and oxygen atoms in total. The van der Waals surface area contributed by atoms with E-state index in [4.69, 9.17) is 0 Å². The van der Waals surface area contributed by atoms with Crippen molar-refractivity contribution in [2.24, 2.45) is 0 Å². The zero-order chi connectivity index (χ0) is 12.5. The quantitative estimate of drug-likeness (QED) is 0.922. The smallest absolute Gasteiger partial charge is 0.124 e. The summed E-state index contributed by atoms with van der Waals surface area (Å²) in [4.78, 5) is 4.38. The van der Waals surface area contributed by atoms with Gasteiger partial charge in [-0.1, -0.05) is 22.0 Å². The van der Waals surface area contributed by atoms with E-state index in [1.807, 2.05) is 11.4 Å². The largest absolute Gasteiger partial charge is 0.301 e. The van der Waals surface area contributed by atoms with Crippen molar-refractivity contribution >= 4 is 27.3 Å². The van der Waals surface area contributed by atoms with Crippen LogP contribution in [0, 0.1) is 5.82 Å². The number of aromatic nitrogens is 1. The Morgan fingerprint density at radius 3 is 2.89 bits per heavy atom. The van der Waals surface area contributed by atoms with Crippen LogP contribution in [0.3, 0.4) is 0 Å². The summed E-state index contributed by atoms with van der Waals surface area (Å²) in [7, 11) is 0. The summed E-state index contributed by atoms with van der Waals surface area (Å²) in [6.07, 6.45) is 4.22. The van der Waals surface area contributed by atoms with Gasteiger partial charge in [0.1, 0.15) is 10.8 Å². The molecule has 1 heterocycles. The van der Waals surface area contributed by atoms with Gasteiger partial charge in [-0.05, 0) is 30.5 Å². The Morgan fingerprint density at radius 2 is 2.28 bits per heavy atom. The topological polar surface area (TPSA) is 24.9 Å². The van der Waals surface area contributed by atoms with Crippen LogP contribution in [0.15, 0.2) is 34.2 Å². The Labute approximate surface area is 117 Å². The van der Waals surface area contributed by atoms with Crippen LogP contribution in [0.5, 0.6) is 0 Å². The molecule has 94 valence electrons. The molecule has 1 N–H and O–H groups in total. The standard InChI is InChI=1S/C13H12BrFN2S/c14-11-7-8(15)1-4-10(11)12(17-9-2-3-9)13-16-5-6-18-13/h1,4-7,9,12,17H,2-3H2. The molecule has 0 radical (unpaired) electrons. The molecule has 1 saturated carbocycles. The second kappa shape index (κ2) is 5.07. The molecule has 0 aliphatic heterocycles. The highest BCUT2D eigenvalue weighted by Crippen LogP contribution is 2.33. The van der Waals surface area contributed by atoms with Crippen LogP contribution < -0.4 is 5.32 Å². The summed E-state index contributed by atoms with van der Waals surface area (Å²) >= 11 is 5.06. The maximum absolute atomic E-state index is 13.2. The molecule has 1 unspecified atom stereocenters. The van der Waals surface area contributed by atoms with Crippen LogP contribution in [0.1, 0.15) is 29.5 Å². The van der Waals surface area contributed by atoms with Crippen LogP contribution in [0.4, 0.5) is 4.39 Å². The van der Waals surface area contributed by atoms with Crippen molar-refractivity contribution < 1.29 is 4.39 Å². The third-order valence-corrected chi connectivity index (χ3v) is 4.48. The van der Waals surface area contributed by atoms with Crippen molar-refractivity contribution in [3.05, 3.63) is 50.6 Å². The van der Waals surface area contributed by atoms with E-state index >= 15 is 0 Å². The van der Waals surface area contributed by atoms with Gasteiger partial charge in [-0.3, -0.25) is 0 Å². The molecule has 3 rings (SSSR count). The molecule has 0 saturated heterocycles. The molecule has 0 spiro atoms. The van der Waals surface area contributed by atoms with Gasteiger partial charge in [0.15, 0.2) is 0 Å². The summed E-state index contributed by atoms with van der Waals surface area (Å²) < 4.78 is 14.0. The van der Waals surface area contributed by atoms with E-state index < -0.39 is 0 Å². The van der Waals surface area contributed by atoms with Crippen LogP contribution in [0.2, 0.25) is 0 Å². The van der Waals surface area contributed by atoms with E-state index in [0.717, 1.165) is 15.0 Å². The van der Waals surface area contributed by atoms with Crippen molar-refractivity contribution in [2.75, 3.05) is 0 Å². The zero-order valence-electron chi connectivity index (χ0n) is 9.57. The van der Waals surface area contributed by atoms with E-state index in [-0.39, 0.29) is 11.9 Å². The summed E-state index contributed by atoms with van der Waals surface area (Å²) in [6, 6.07) is 5.43. The Hall–Kier alpha value is -0.780. The molecule has 1 aliphatic carbocycles. The minimum atomic E-state index is -0.227. The number of halogens is 2. The SMILES string of the molecule is Fc1ccc(C(NC2CC2)c2nccs2)c(Br)c1. The lowest BCUT2D eigenvalue weighted by Crippen LogP contribution is -2.24. The first-order valence-electron chi connectivity index (χ1n) is 5.84. The highest BCUT2D eigenvalue weighted by Gasteiger charge is 2.28. The van der Waals surface area contributed by atoms with Crippen molar-refractivity contribution in [2.45, 2.75) is 24.9 Å². The van der Waals surface area contributed by atoms with E-state index in [1.165, 1.54) is 25.0 Å². The summed E-state index contributed by atoms with van der Waals surface area (Å²) in [5, 5.41) is 6.55. The molecule has 5 heteroatoms. The summed E-state index contributed by atoms with van der Waals surface area (Å²) in [5.41, 5.74) is 1.04. The van der Waals surface area contributed by atoms with E-state index in [2.05, 4.69) is 26.2 Å². The van der Waals surface area contributed by atoms with Gasteiger partial charge < -0.3 is 5.32 Å². The van der Waals surface area contributed by atoms with E-state index in [1.54, 1.807) is 17.5 Å². The minimum absolute atomic E-state index is 0.0486. The fraction of sp³-hybridized carbons (Fsp3) is 0.308. The summed E-state index contributed by atoms with van der Waals surface area (Å²) in [5.74, 6) is -0.227. The third-order valence-electron chi connectivity index (χ3n) is 2.95. The molecule has 1 aromatic heterocycles. The average molecular weight is 327 g/mol. The predicted molar refractivity (Wildman–Crippen MR) is 74.2 cm³/mol. The predicted octanol–water partition coefficient (Wildman–Crippen LogP) is 3.89. The number of nitrogens with zero attached hydrogens (tertiary/aromatic N) is 1. The lowest BCUT2D eigenvalue weighted by atomic mass is 10.1. The first-order valence-corrected chi connectivity index (χ1v) is 7.51. The monoisotopic (exact) mass is 326 g/mol. The van der Waals surface area contributed by atoms with Gasteiger partial charge >= 0.3 is 0 Å². The fourth-order valence-electron chi connectivity index (χ4n) is 1.89. The third kappa shape index (κ3) is 2.63. The van der Waals surface area contributed by atoms with E-state index in [0.29, 0.717) is 6.04 Å². The molecule has 0 amide bonds. The average Bonchev–Trinajstić information content (AvgIpc) is 3.00. The lowest BCUT2D eigenvalue weighted by molar-refractivity contribution is 0.590. The van der Waals surface area contributed by atoms with Crippen LogP contribution in [-0.2, 0) is 0 Å². The Morgan fingerprint density at radius 1 is 1.44 bits per heavy atom. The molecular weight excluding hydrogens is 315 g/mol. The summed E-state index contributed by atoms with van der Waals surface area (Å²) in [6.45, 7) is 0. The molecule has 1 aromatic carbocycles. The van der Waals surface area contributed by atoms with Gasteiger partial charge in [-0.25, -0.2) is 9.37 Å². The molecule has 0 bridgehead atoms. The Kier molecular flexibility index (Phi) is 3.46. The first-order chi connectivity index (χ1) is 8.74. The van der Waals surface area contributed by atoms with Crippen LogP contribution in [0.25, 0.3) is 0 Å². The maximum atomic E-state index is 13.2. The molecule has 2 aromatic rings. The molecule has 18 heavy (non-hydrogen) atoms. The van der Waals surface area contributed by atoms with Gasteiger partial charge in [0.25, 0.3) is 0 Å². The second-order valence-electron chi connectivity index (χ2n) is 4.41. The van der Waals surface area contributed by atoms with Gasteiger partial charge in [0.2, 0.25) is 0 Å². The molecule has 1 atom stereocenters. The number of thiazole rings is 1. The lowest BCUT2D eigenvalue weighted by Gasteiger charge is -2.18. The van der Waals surface area contributed by atoms with Crippen LogP contribution >= 0.6 is 27.3 Å². The first kappa shape index (κ1) is 12.3. The highest BCUT2D eigenvalue weighted by atomic mass is 79.9. The Balaban J connectivity index is 1.96. The van der Waals surface area contributed by atoms with Crippen molar-refractivity contribution in [1.82, 2.24) is 10.3 Å². The van der Waals surface area contributed by atoms with Gasteiger partial charge in [-0.2, -0.15) is 0 Å². The normalized spacial score (nSPS) is 16.8. The van der Waals surface area contributed by atoms with E-state index in [9.17, 15) is 4.39 Å².